The zero-order valence-corrected chi connectivity index (χ0v) is 13.0. The first-order valence-corrected chi connectivity index (χ1v) is 7.35. The van der Waals surface area contributed by atoms with Crippen LogP contribution in [0.25, 0.3) is 11.4 Å². The van der Waals surface area contributed by atoms with E-state index >= 15 is 0 Å². The highest BCUT2D eigenvalue weighted by Crippen LogP contribution is 2.24. The predicted octanol–water partition coefficient (Wildman–Crippen LogP) is 2.87. The standard InChI is InChI=1S/C15H13ClN4O3/c1-2-11-13(18-8-22-11)15(21)17-7-12-19-14(20-23-12)9-5-3-4-6-10(9)16/h3-6,8H,2,7H2,1H3,(H,17,21). The molecule has 23 heavy (non-hydrogen) atoms. The van der Waals surface area contributed by atoms with Gasteiger partial charge in [-0.25, -0.2) is 4.98 Å². The molecule has 0 bridgehead atoms. The van der Waals surface area contributed by atoms with Crippen LogP contribution >= 0.6 is 11.6 Å². The van der Waals surface area contributed by atoms with E-state index in [9.17, 15) is 4.79 Å². The van der Waals surface area contributed by atoms with E-state index in [1.165, 1.54) is 6.39 Å². The van der Waals surface area contributed by atoms with E-state index in [1.807, 2.05) is 19.1 Å². The van der Waals surface area contributed by atoms with Gasteiger partial charge < -0.3 is 14.3 Å². The number of carbonyl (C=O) groups excluding carboxylic acids is 1. The molecule has 1 N–H and O–H groups in total. The highest BCUT2D eigenvalue weighted by Gasteiger charge is 2.17. The number of aromatic nitrogens is 3. The monoisotopic (exact) mass is 332 g/mol. The topological polar surface area (TPSA) is 94.1 Å². The quantitative estimate of drug-likeness (QED) is 0.772. The fourth-order valence-corrected chi connectivity index (χ4v) is 2.25. The summed E-state index contributed by atoms with van der Waals surface area (Å²) in [5, 5.41) is 7.06. The molecule has 118 valence electrons. The van der Waals surface area contributed by atoms with Gasteiger partial charge in [0.15, 0.2) is 12.1 Å². The normalized spacial score (nSPS) is 10.7. The summed E-state index contributed by atoms with van der Waals surface area (Å²) >= 11 is 6.09. The Morgan fingerprint density at radius 3 is 2.96 bits per heavy atom. The highest BCUT2D eigenvalue weighted by atomic mass is 35.5. The van der Waals surface area contributed by atoms with E-state index in [-0.39, 0.29) is 24.0 Å². The Kier molecular flexibility index (Phi) is 4.38. The molecule has 2 heterocycles. The Morgan fingerprint density at radius 2 is 2.17 bits per heavy atom. The molecule has 0 radical (unpaired) electrons. The van der Waals surface area contributed by atoms with Gasteiger partial charge in [0.05, 0.1) is 11.6 Å². The largest absolute Gasteiger partial charge is 0.448 e. The van der Waals surface area contributed by atoms with Gasteiger partial charge in [0.25, 0.3) is 5.91 Å². The van der Waals surface area contributed by atoms with Gasteiger partial charge in [-0.15, -0.1) is 0 Å². The van der Waals surface area contributed by atoms with Crippen LogP contribution in [0.3, 0.4) is 0 Å². The van der Waals surface area contributed by atoms with Crippen molar-refractivity contribution in [1.82, 2.24) is 20.4 Å². The molecule has 3 rings (SSSR count). The number of carbonyl (C=O) groups is 1. The number of aryl methyl sites for hydroxylation is 1. The van der Waals surface area contributed by atoms with Crippen molar-refractivity contribution in [3.05, 3.63) is 53.0 Å². The SMILES string of the molecule is CCc1ocnc1C(=O)NCc1nc(-c2ccccc2Cl)no1. The van der Waals surface area contributed by atoms with Gasteiger partial charge in [-0.3, -0.25) is 4.79 Å². The lowest BCUT2D eigenvalue weighted by Crippen LogP contribution is -2.24. The van der Waals surface area contributed by atoms with Crippen LogP contribution in [0.15, 0.2) is 39.6 Å². The van der Waals surface area contributed by atoms with E-state index < -0.39 is 0 Å². The molecule has 0 aliphatic heterocycles. The smallest absolute Gasteiger partial charge is 0.273 e. The lowest BCUT2D eigenvalue weighted by molar-refractivity contribution is 0.0940. The second kappa shape index (κ2) is 6.62. The zero-order valence-electron chi connectivity index (χ0n) is 12.2. The molecular weight excluding hydrogens is 320 g/mol. The van der Waals surface area contributed by atoms with Crippen molar-refractivity contribution in [3.8, 4) is 11.4 Å². The van der Waals surface area contributed by atoms with Crippen molar-refractivity contribution < 1.29 is 13.7 Å². The average Bonchev–Trinajstić information content (AvgIpc) is 3.22. The Morgan fingerprint density at radius 1 is 1.35 bits per heavy atom. The third-order valence-electron chi connectivity index (χ3n) is 3.16. The second-order valence-corrected chi connectivity index (χ2v) is 5.06. The van der Waals surface area contributed by atoms with Crippen molar-refractivity contribution >= 4 is 17.5 Å². The van der Waals surface area contributed by atoms with E-state index in [0.717, 1.165) is 0 Å². The highest BCUT2D eigenvalue weighted by molar-refractivity contribution is 6.33. The van der Waals surface area contributed by atoms with Gasteiger partial charge in [-0.05, 0) is 12.1 Å². The van der Waals surface area contributed by atoms with Gasteiger partial charge >= 0.3 is 0 Å². The summed E-state index contributed by atoms with van der Waals surface area (Å²) < 4.78 is 10.2. The maximum absolute atomic E-state index is 12.0. The molecular formula is C15H13ClN4O3. The van der Waals surface area contributed by atoms with Crippen LogP contribution in [-0.4, -0.2) is 21.0 Å². The molecule has 0 saturated heterocycles. The molecule has 8 heteroatoms. The number of oxazole rings is 1. The molecule has 1 amide bonds. The number of amides is 1. The molecule has 2 aromatic heterocycles. The fraction of sp³-hybridized carbons (Fsp3) is 0.200. The summed E-state index contributed by atoms with van der Waals surface area (Å²) in [6.45, 7) is 1.97. The van der Waals surface area contributed by atoms with E-state index in [1.54, 1.807) is 12.1 Å². The maximum Gasteiger partial charge on any atom is 0.273 e. The summed E-state index contributed by atoms with van der Waals surface area (Å²) in [5.41, 5.74) is 0.929. The predicted molar refractivity (Wildman–Crippen MR) is 81.8 cm³/mol. The van der Waals surface area contributed by atoms with Crippen molar-refractivity contribution in [2.45, 2.75) is 19.9 Å². The molecule has 0 aliphatic carbocycles. The number of benzene rings is 1. The number of hydrogen-bond acceptors (Lipinski definition) is 6. The van der Waals surface area contributed by atoms with Crippen molar-refractivity contribution in [3.63, 3.8) is 0 Å². The van der Waals surface area contributed by atoms with Crippen LogP contribution in [0.5, 0.6) is 0 Å². The van der Waals surface area contributed by atoms with Gasteiger partial charge in [0.2, 0.25) is 11.7 Å². The van der Waals surface area contributed by atoms with Crippen LogP contribution in [0.1, 0.15) is 29.1 Å². The summed E-state index contributed by atoms with van der Waals surface area (Å²) in [4.78, 5) is 20.2. The molecule has 0 spiro atoms. The van der Waals surface area contributed by atoms with Crippen LogP contribution in [0.2, 0.25) is 5.02 Å². The molecule has 1 aromatic carbocycles. The molecule has 0 unspecified atom stereocenters. The molecule has 0 atom stereocenters. The Bertz CT molecular complexity index is 828. The Balaban J connectivity index is 1.68. The molecule has 0 saturated carbocycles. The minimum Gasteiger partial charge on any atom is -0.448 e. The summed E-state index contributed by atoms with van der Waals surface area (Å²) in [6, 6.07) is 7.18. The van der Waals surface area contributed by atoms with Gasteiger partial charge in [0, 0.05) is 12.0 Å². The minimum absolute atomic E-state index is 0.0896. The van der Waals surface area contributed by atoms with Crippen LogP contribution < -0.4 is 5.32 Å². The lowest BCUT2D eigenvalue weighted by Gasteiger charge is -2.00. The second-order valence-electron chi connectivity index (χ2n) is 4.65. The zero-order chi connectivity index (χ0) is 16.2. The summed E-state index contributed by atoms with van der Waals surface area (Å²) in [5.74, 6) is 0.822. The van der Waals surface area contributed by atoms with Gasteiger partial charge in [-0.2, -0.15) is 4.98 Å². The third-order valence-corrected chi connectivity index (χ3v) is 3.49. The van der Waals surface area contributed by atoms with Crippen LogP contribution in [0.4, 0.5) is 0 Å². The van der Waals surface area contributed by atoms with Crippen molar-refractivity contribution in [2.24, 2.45) is 0 Å². The number of nitrogens with zero attached hydrogens (tertiary/aromatic N) is 3. The molecule has 7 nitrogen and oxygen atoms in total. The summed E-state index contributed by atoms with van der Waals surface area (Å²) in [7, 11) is 0. The van der Waals surface area contributed by atoms with Crippen LogP contribution in [-0.2, 0) is 13.0 Å². The van der Waals surface area contributed by atoms with E-state index in [4.69, 9.17) is 20.5 Å². The molecule has 0 aliphatic rings. The van der Waals surface area contributed by atoms with E-state index in [2.05, 4.69) is 20.4 Å². The molecule has 3 aromatic rings. The van der Waals surface area contributed by atoms with Crippen LogP contribution in [0, 0.1) is 0 Å². The first-order valence-electron chi connectivity index (χ1n) is 6.97. The van der Waals surface area contributed by atoms with Crippen molar-refractivity contribution in [2.75, 3.05) is 0 Å². The Hall–Kier alpha value is -2.67. The average molecular weight is 333 g/mol. The number of nitrogens with one attached hydrogen (secondary N) is 1. The number of halogens is 1. The first kappa shape index (κ1) is 15.2. The first-order chi connectivity index (χ1) is 11.2. The molecule has 0 fully saturated rings. The summed E-state index contributed by atoms with van der Waals surface area (Å²) in [6.07, 6.45) is 1.83. The number of rotatable bonds is 5. The van der Waals surface area contributed by atoms with Crippen molar-refractivity contribution in [1.29, 1.82) is 0 Å². The maximum atomic E-state index is 12.0. The number of hydrogen-bond donors (Lipinski definition) is 1. The van der Waals surface area contributed by atoms with Gasteiger partial charge in [-0.1, -0.05) is 35.8 Å². The van der Waals surface area contributed by atoms with E-state index in [0.29, 0.717) is 28.6 Å². The fourth-order valence-electron chi connectivity index (χ4n) is 2.02. The minimum atomic E-state index is -0.354. The van der Waals surface area contributed by atoms with Gasteiger partial charge in [0.1, 0.15) is 5.76 Å². The third kappa shape index (κ3) is 3.24. The Labute approximate surface area is 136 Å². The lowest BCUT2D eigenvalue weighted by atomic mass is 10.2.